The topological polar surface area (TPSA) is 32.3 Å². The molecule has 1 amide bonds. The molecule has 0 saturated carbocycles. The summed E-state index contributed by atoms with van der Waals surface area (Å²) in [6, 6.07) is 19.9. The van der Waals surface area contributed by atoms with Gasteiger partial charge in [0.05, 0.1) is 0 Å². The molecule has 1 aliphatic rings. The maximum atomic E-state index is 12.9. The summed E-state index contributed by atoms with van der Waals surface area (Å²) in [4.78, 5) is 14.9. The predicted molar refractivity (Wildman–Crippen MR) is 90.2 cm³/mol. The van der Waals surface area contributed by atoms with Crippen molar-refractivity contribution in [2.24, 2.45) is 0 Å². The van der Waals surface area contributed by atoms with Gasteiger partial charge in [0, 0.05) is 31.8 Å². The van der Waals surface area contributed by atoms with Crippen molar-refractivity contribution >= 4 is 17.6 Å². The van der Waals surface area contributed by atoms with Gasteiger partial charge < -0.3 is 10.2 Å². The summed E-state index contributed by atoms with van der Waals surface area (Å²) < 4.78 is 0. The molecule has 0 bridgehead atoms. The molecule has 3 heteroatoms. The third-order valence-corrected chi connectivity index (χ3v) is 3.83. The van der Waals surface area contributed by atoms with Gasteiger partial charge in [0.25, 0.3) is 5.91 Å². The van der Waals surface area contributed by atoms with Gasteiger partial charge in [-0.25, -0.2) is 0 Å². The first-order valence-corrected chi connectivity index (χ1v) is 7.67. The van der Waals surface area contributed by atoms with Gasteiger partial charge in [0.2, 0.25) is 0 Å². The summed E-state index contributed by atoms with van der Waals surface area (Å²) in [6.45, 7) is 3.24. The summed E-state index contributed by atoms with van der Waals surface area (Å²) >= 11 is 0. The van der Waals surface area contributed by atoms with Crippen molar-refractivity contribution in [2.45, 2.75) is 0 Å². The zero-order valence-electron chi connectivity index (χ0n) is 12.5. The normalized spacial score (nSPS) is 15.6. The summed E-state index contributed by atoms with van der Waals surface area (Å²) in [5.41, 5.74) is 2.77. The van der Waals surface area contributed by atoms with Crippen LogP contribution in [0.3, 0.4) is 0 Å². The van der Waals surface area contributed by atoms with Crippen LogP contribution in [0.1, 0.15) is 11.1 Å². The molecule has 1 fully saturated rings. The Morgan fingerprint density at radius 1 is 0.909 bits per heavy atom. The molecule has 0 aliphatic carbocycles. The van der Waals surface area contributed by atoms with Crippen molar-refractivity contribution in [2.75, 3.05) is 26.2 Å². The van der Waals surface area contributed by atoms with Crippen LogP contribution < -0.4 is 5.32 Å². The van der Waals surface area contributed by atoms with E-state index in [0.29, 0.717) is 0 Å². The van der Waals surface area contributed by atoms with E-state index in [9.17, 15) is 4.79 Å². The average Bonchev–Trinajstić information content (AvgIpc) is 2.61. The lowest BCUT2D eigenvalue weighted by molar-refractivity contribution is -0.125. The van der Waals surface area contributed by atoms with Crippen LogP contribution >= 0.6 is 0 Å². The van der Waals surface area contributed by atoms with Gasteiger partial charge in [-0.05, 0) is 17.2 Å². The van der Waals surface area contributed by atoms with E-state index in [2.05, 4.69) is 5.32 Å². The van der Waals surface area contributed by atoms with Crippen LogP contribution in [0, 0.1) is 0 Å². The summed E-state index contributed by atoms with van der Waals surface area (Å²) in [6.07, 6.45) is 1.99. The minimum Gasteiger partial charge on any atom is -0.336 e. The third-order valence-electron chi connectivity index (χ3n) is 3.83. The van der Waals surface area contributed by atoms with Gasteiger partial charge in [-0.2, -0.15) is 0 Å². The smallest absolute Gasteiger partial charge is 0.254 e. The van der Waals surface area contributed by atoms with Crippen LogP contribution in [0.2, 0.25) is 0 Å². The largest absolute Gasteiger partial charge is 0.336 e. The maximum Gasteiger partial charge on any atom is 0.254 e. The SMILES string of the molecule is O=C(/C(=C\c1ccccc1)c1ccccc1)N1CCNCC1. The first-order valence-electron chi connectivity index (χ1n) is 7.67. The molecule has 1 N–H and O–H groups in total. The van der Waals surface area contributed by atoms with Gasteiger partial charge in [-0.3, -0.25) is 4.79 Å². The van der Waals surface area contributed by atoms with E-state index < -0.39 is 0 Å². The lowest BCUT2D eigenvalue weighted by Crippen LogP contribution is -2.46. The highest BCUT2D eigenvalue weighted by Gasteiger charge is 2.21. The van der Waals surface area contributed by atoms with Crippen LogP contribution in [0.5, 0.6) is 0 Å². The molecule has 112 valence electrons. The predicted octanol–water partition coefficient (Wildman–Crippen LogP) is 2.66. The molecule has 0 aromatic heterocycles. The second-order valence-electron chi connectivity index (χ2n) is 5.38. The molecule has 1 heterocycles. The van der Waals surface area contributed by atoms with Crippen molar-refractivity contribution < 1.29 is 4.79 Å². The fourth-order valence-electron chi connectivity index (χ4n) is 2.64. The number of nitrogens with zero attached hydrogens (tertiary/aromatic N) is 1. The summed E-state index contributed by atoms with van der Waals surface area (Å²) in [5.74, 6) is 0.108. The maximum absolute atomic E-state index is 12.9. The third kappa shape index (κ3) is 3.43. The fraction of sp³-hybridized carbons (Fsp3) is 0.211. The van der Waals surface area contributed by atoms with Gasteiger partial charge >= 0.3 is 0 Å². The fourth-order valence-corrected chi connectivity index (χ4v) is 2.64. The molecule has 1 saturated heterocycles. The average molecular weight is 292 g/mol. The van der Waals surface area contributed by atoms with E-state index >= 15 is 0 Å². The summed E-state index contributed by atoms with van der Waals surface area (Å²) in [5, 5.41) is 3.28. The van der Waals surface area contributed by atoms with Crippen LogP contribution in [0.4, 0.5) is 0 Å². The number of carbonyl (C=O) groups is 1. The zero-order chi connectivity index (χ0) is 15.2. The Labute approximate surface area is 131 Å². The molecule has 3 rings (SSSR count). The van der Waals surface area contributed by atoms with E-state index in [4.69, 9.17) is 0 Å². The highest BCUT2D eigenvalue weighted by molar-refractivity contribution is 6.24. The van der Waals surface area contributed by atoms with Crippen LogP contribution in [-0.4, -0.2) is 37.0 Å². The van der Waals surface area contributed by atoms with E-state index in [1.807, 2.05) is 71.6 Å². The van der Waals surface area contributed by atoms with Crippen molar-refractivity contribution in [1.29, 1.82) is 0 Å². The molecular weight excluding hydrogens is 272 g/mol. The monoisotopic (exact) mass is 292 g/mol. The Hall–Kier alpha value is -2.39. The van der Waals surface area contributed by atoms with Gasteiger partial charge in [-0.1, -0.05) is 60.7 Å². The van der Waals surface area contributed by atoms with Crippen LogP contribution in [0.15, 0.2) is 60.7 Å². The first-order chi connectivity index (χ1) is 10.8. The molecule has 1 aliphatic heterocycles. The Kier molecular flexibility index (Phi) is 4.66. The Bertz CT molecular complexity index is 644. The lowest BCUT2D eigenvalue weighted by atomic mass is 10.0. The van der Waals surface area contributed by atoms with E-state index in [1.54, 1.807) is 0 Å². The standard InChI is InChI=1S/C19H20N2O/c22-19(21-13-11-20-12-14-21)18(17-9-5-2-6-10-17)15-16-7-3-1-4-8-16/h1-10,15,20H,11-14H2/b18-15-. The second-order valence-corrected chi connectivity index (χ2v) is 5.38. The van der Waals surface area contributed by atoms with Crippen LogP contribution in [-0.2, 0) is 4.79 Å². The molecule has 0 radical (unpaired) electrons. The number of piperazine rings is 1. The molecule has 0 unspecified atom stereocenters. The number of benzene rings is 2. The quantitative estimate of drug-likeness (QED) is 0.697. The number of hydrogen-bond donors (Lipinski definition) is 1. The number of carbonyl (C=O) groups excluding carboxylic acids is 1. The number of hydrogen-bond acceptors (Lipinski definition) is 2. The number of amides is 1. The minimum atomic E-state index is 0.108. The van der Waals surface area contributed by atoms with Crippen molar-refractivity contribution in [3.8, 4) is 0 Å². The first kappa shape index (κ1) is 14.5. The van der Waals surface area contributed by atoms with Crippen molar-refractivity contribution in [1.82, 2.24) is 10.2 Å². The molecule has 3 nitrogen and oxygen atoms in total. The molecule has 0 atom stereocenters. The second kappa shape index (κ2) is 7.05. The molecule has 22 heavy (non-hydrogen) atoms. The van der Waals surface area contributed by atoms with E-state index in [0.717, 1.165) is 42.9 Å². The van der Waals surface area contributed by atoms with E-state index in [-0.39, 0.29) is 5.91 Å². The highest BCUT2D eigenvalue weighted by atomic mass is 16.2. The van der Waals surface area contributed by atoms with Crippen molar-refractivity contribution in [3.05, 3.63) is 71.8 Å². The van der Waals surface area contributed by atoms with Gasteiger partial charge in [0.1, 0.15) is 0 Å². The molecule has 2 aromatic rings. The van der Waals surface area contributed by atoms with Crippen LogP contribution in [0.25, 0.3) is 11.6 Å². The lowest BCUT2D eigenvalue weighted by Gasteiger charge is -2.28. The number of nitrogens with one attached hydrogen (secondary N) is 1. The van der Waals surface area contributed by atoms with Gasteiger partial charge in [0.15, 0.2) is 0 Å². The summed E-state index contributed by atoms with van der Waals surface area (Å²) in [7, 11) is 0. The minimum absolute atomic E-state index is 0.108. The Morgan fingerprint density at radius 3 is 2.14 bits per heavy atom. The Balaban J connectivity index is 1.96. The zero-order valence-corrected chi connectivity index (χ0v) is 12.5. The Morgan fingerprint density at radius 2 is 1.50 bits per heavy atom. The molecule has 2 aromatic carbocycles. The molecule has 0 spiro atoms. The van der Waals surface area contributed by atoms with E-state index in [1.165, 1.54) is 0 Å². The highest BCUT2D eigenvalue weighted by Crippen LogP contribution is 2.21. The van der Waals surface area contributed by atoms with Crippen molar-refractivity contribution in [3.63, 3.8) is 0 Å². The number of rotatable bonds is 3. The van der Waals surface area contributed by atoms with Gasteiger partial charge in [-0.15, -0.1) is 0 Å². The molecular formula is C19H20N2O.